The lowest BCUT2D eigenvalue weighted by molar-refractivity contribution is -0.137. The van der Waals surface area contributed by atoms with Crippen LogP contribution < -0.4 is 0 Å². The third-order valence-electron chi connectivity index (χ3n) is 4.27. The molecule has 0 saturated heterocycles. The van der Waals surface area contributed by atoms with Crippen molar-refractivity contribution in [2.24, 2.45) is 0 Å². The molecule has 7 heteroatoms. The van der Waals surface area contributed by atoms with Gasteiger partial charge in [-0.25, -0.2) is 4.79 Å². The number of hydrogen-bond acceptors (Lipinski definition) is 5. The lowest BCUT2D eigenvalue weighted by Gasteiger charge is -2.08. The van der Waals surface area contributed by atoms with Gasteiger partial charge in [-0.05, 0) is 55.8 Å². The van der Waals surface area contributed by atoms with Gasteiger partial charge in [-0.1, -0.05) is 11.6 Å². The lowest BCUT2D eigenvalue weighted by atomic mass is 10.1. The van der Waals surface area contributed by atoms with Crippen LogP contribution in [0, 0.1) is 25.2 Å². The molecule has 0 atom stereocenters. The second-order valence-corrected chi connectivity index (χ2v) is 6.58. The Morgan fingerprint density at radius 2 is 1.93 bits per heavy atom. The van der Waals surface area contributed by atoms with Crippen LogP contribution in [0.4, 0.5) is 0 Å². The zero-order valence-electron chi connectivity index (χ0n) is 16.0. The number of aryl methyl sites for hydroxylation is 1. The summed E-state index contributed by atoms with van der Waals surface area (Å²) in [6, 6.07) is 9.99. The van der Waals surface area contributed by atoms with Crippen molar-refractivity contribution in [2.75, 3.05) is 20.3 Å². The highest BCUT2D eigenvalue weighted by Gasteiger charge is 2.16. The fourth-order valence-corrected chi connectivity index (χ4v) is 2.85. The molecule has 0 amide bonds. The highest BCUT2D eigenvalue weighted by atomic mass is 35.5. The molecule has 28 heavy (non-hydrogen) atoms. The molecule has 146 valence electrons. The number of ketones is 1. The van der Waals surface area contributed by atoms with Crippen molar-refractivity contribution in [1.82, 2.24) is 4.57 Å². The summed E-state index contributed by atoms with van der Waals surface area (Å²) in [5, 5.41) is 9.84. The Labute approximate surface area is 168 Å². The number of halogens is 1. The molecular weight excluding hydrogens is 380 g/mol. The standard InChI is InChI=1S/C21H21ClN2O4/c1-14-10-17(15(2)24(14)8-9-27-3)11-18(12-23)21(26)28-13-20(25)16-4-6-19(22)7-5-16/h4-7,10-11H,8-9,13H2,1-3H3. The molecule has 1 aromatic heterocycles. The van der Waals surface area contributed by atoms with E-state index in [1.807, 2.05) is 30.6 Å². The number of benzene rings is 1. The fourth-order valence-electron chi connectivity index (χ4n) is 2.72. The maximum atomic E-state index is 12.2. The maximum Gasteiger partial charge on any atom is 0.349 e. The minimum Gasteiger partial charge on any atom is -0.453 e. The van der Waals surface area contributed by atoms with Crippen LogP contribution in [0.5, 0.6) is 0 Å². The first-order valence-corrected chi connectivity index (χ1v) is 8.98. The molecule has 0 aliphatic heterocycles. The summed E-state index contributed by atoms with van der Waals surface area (Å²) in [5.74, 6) is -1.22. The van der Waals surface area contributed by atoms with Crippen molar-refractivity contribution in [3.63, 3.8) is 0 Å². The summed E-state index contributed by atoms with van der Waals surface area (Å²) in [6.07, 6.45) is 1.47. The second-order valence-electron chi connectivity index (χ2n) is 6.15. The number of nitriles is 1. The van der Waals surface area contributed by atoms with Crippen molar-refractivity contribution in [1.29, 1.82) is 5.26 Å². The van der Waals surface area contributed by atoms with Gasteiger partial charge in [-0.15, -0.1) is 0 Å². The Morgan fingerprint density at radius 1 is 1.25 bits per heavy atom. The van der Waals surface area contributed by atoms with E-state index in [1.165, 1.54) is 6.08 Å². The van der Waals surface area contributed by atoms with E-state index in [-0.39, 0.29) is 11.4 Å². The number of carbonyl (C=O) groups is 2. The van der Waals surface area contributed by atoms with Crippen LogP contribution in [0.3, 0.4) is 0 Å². The van der Waals surface area contributed by atoms with Crippen molar-refractivity contribution < 1.29 is 19.1 Å². The molecule has 1 heterocycles. The maximum absolute atomic E-state index is 12.2. The normalized spacial score (nSPS) is 11.2. The SMILES string of the molecule is COCCn1c(C)cc(C=C(C#N)C(=O)OCC(=O)c2ccc(Cl)cc2)c1C. The zero-order valence-corrected chi connectivity index (χ0v) is 16.7. The number of hydrogen-bond donors (Lipinski definition) is 0. The molecule has 2 rings (SSSR count). The van der Waals surface area contributed by atoms with Gasteiger partial charge in [0.15, 0.2) is 12.4 Å². The minimum atomic E-state index is -0.841. The summed E-state index contributed by atoms with van der Waals surface area (Å²) in [5.41, 5.74) is 2.85. The molecule has 2 aromatic rings. The Bertz CT molecular complexity index is 937. The fraction of sp³-hybridized carbons (Fsp3) is 0.286. The molecule has 0 spiro atoms. The quantitative estimate of drug-likeness (QED) is 0.292. The first-order chi connectivity index (χ1) is 13.4. The monoisotopic (exact) mass is 400 g/mol. The average molecular weight is 401 g/mol. The van der Waals surface area contributed by atoms with Crippen LogP contribution in [-0.2, 0) is 20.8 Å². The van der Waals surface area contributed by atoms with Crippen LogP contribution in [-0.4, -0.2) is 36.6 Å². The summed E-state index contributed by atoms with van der Waals surface area (Å²) in [4.78, 5) is 24.3. The molecule has 0 bridgehead atoms. The van der Waals surface area contributed by atoms with Gasteiger partial charge in [-0.2, -0.15) is 5.26 Å². The lowest BCUT2D eigenvalue weighted by Crippen LogP contribution is -2.15. The van der Waals surface area contributed by atoms with Gasteiger partial charge in [0.25, 0.3) is 0 Å². The molecule has 0 radical (unpaired) electrons. The van der Waals surface area contributed by atoms with E-state index < -0.39 is 12.6 Å². The Balaban J connectivity index is 2.10. The van der Waals surface area contributed by atoms with E-state index in [9.17, 15) is 14.9 Å². The van der Waals surface area contributed by atoms with E-state index in [2.05, 4.69) is 0 Å². The van der Waals surface area contributed by atoms with Crippen LogP contribution in [0.2, 0.25) is 5.02 Å². The average Bonchev–Trinajstić information content (AvgIpc) is 2.95. The number of ether oxygens (including phenoxy) is 2. The molecule has 6 nitrogen and oxygen atoms in total. The molecule has 0 saturated carbocycles. The Morgan fingerprint density at radius 3 is 2.54 bits per heavy atom. The molecular formula is C21H21ClN2O4. The molecule has 0 N–H and O–H groups in total. The molecule has 0 unspecified atom stereocenters. The van der Waals surface area contributed by atoms with Crippen molar-refractivity contribution in [3.05, 3.63) is 63.4 Å². The predicted octanol–water partition coefficient (Wildman–Crippen LogP) is 3.74. The molecule has 1 aromatic carbocycles. The number of esters is 1. The van der Waals surface area contributed by atoms with E-state index in [0.29, 0.717) is 23.7 Å². The zero-order chi connectivity index (χ0) is 20.7. The highest BCUT2D eigenvalue weighted by molar-refractivity contribution is 6.30. The topological polar surface area (TPSA) is 81.3 Å². The number of carbonyl (C=O) groups excluding carboxylic acids is 2. The third kappa shape index (κ3) is 5.32. The van der Waals surface area contributed by atoms with Crippen molar-refractivity contribution in [2.45, 2.75) is 20.4 Å². The molecule has 0 aliphatic rings. The third-order valence-corrected chi connectivity index (χ3v) is 4.52. The molecule has 0 fully saturated rings. The van der Waals surface area contributed by atoms with Gasteiger partial charge in [-0.3, -0.25) is 4.79 Å². The van der Waals surface area contributed by atoms with E-state index in [1.54, 1.807) is 31.4 Å². The highest BCUT2D eigenvalue weighted by Crippen LogP contribution is 2.19. The largest absolute Gasteiger partial charge is 0.453 e. The Hall–Kier alpha value is -2.88. The van der Waals surface area contributed by atoms with Gasteiger partial charge in [0.2, 0.25) is 0 Å². The number of aromatic nitrogens is 1. The smallest absolute Gasteiger partial charge is 0.349 e. The first-order valence-electron chi connectivity index (χ1n) is 8.60. The summed E-state index contributed by atoms with van der Waals surface area (Å²) < 4.78 is 12.2. The van der Waals surface area contributed by atoms with Gasteiger partial charge >= 0.3 is 5.97 Å². The van der Waals surface area contributed by atoms with Gasteiger partial charge in [0.05, 0.1) is 6.61 Å². The van der Waals surface area contributed by atoms with Crippen LogP contribution in [0.1, 0.15) is 27.3 Å². The molecule has 0 aliphatic carbocycles. The van der Waals surface area contributed by atoms with Crippen molar-refractivity contribution >= 4 is 29.4 Å². The number of rotatable bonds is 8. The van der Waals surface area contributed by atoms with E-state index >= 15 is 0 Å². The van der Waals surface area contributed by atoms with Gasteiger partial charge in [0, 0.05) is 35.6 Å². The number of methoxy groups -OCH3 is 1. The number of nitrogens with zero attached hydrogens (tertiary/aromatic N) is 2. The summed E-state index contributed by atoms with van der Waals surface area (Å²) in [6.45, 7) is 4.61. The van der Waals surface area contributed by atoms with E-state index in [0.717, 1.165) is 17.0 Å². The van der Waals surface area contributed by atoms with Gasteiger partial charge in [0.1, 0.15) is 11.6 Å². The van der Waals surface area contributed by atoms with E-state index in [4.69, 9.17) is 21.1 Å². The summed E-state index contributed by atoms with van der Waals surface area (Å²) >= 11 is 5.79. The first kappa shape index (κ1) is 21.4. The predicted molar refractivity (Wildman–Crippen MR) is 106 cm³/mol. The minimum absolute atomic E-state index is 0.170. The van der Waals surface area contributed by atoms with Crippen LogP contribution >= 0.6 is 11.6 Å². The van der Waals surface area contributed by atoms with Crippen LogP contribution in [0.25, 0.3) is 6.08 Å². The van der Waals surface area contributed by atoms with Crippen LogP contribution in [0.15, 0.2) is 35.9 Å². The number of Topliss-reactive ketones (excluding diaryl/α,β-unsaturated/α-hetero) is 1. The van der Waals surface area contributed by atoms with Crippen molar-refractivity contribution in [3.8, 4) is 6.07 Å². The Kier molecular flexibility index (Phi) is 7.56. The second kappa shape index (κ2) is 9.88. The van der Waals surface area contributed by atoms with Gasteiger partial charge < -0.3 is 14.0 Å². The summed E-state index contributed by atoms with van der Waals surface area (Å²) in [7, 11) is 1.63.